The Bertz CT molecular complexity index is 1080. The predicted octanol–water partition coefficient (Wildman–Crippen LogP) is 6.55. The second kappa shape index (κ2) is 7.79. The van der Waals surface area contributed by atoms with Crippen LogP contribution in [0.3, 0.4) is 0 Å². The van der Waals surface area contributed by atoms with E-state index in [-0.39, 0.29) is 0 Å². The molecule has 2 aromatic carbocycles. The van der Waals surface area contributed by atoms with E-state index in [0.29, 0.717) is 11.1 Å². The maximum atomic E-state index is 14.0. The Morgan fingerprint density at radius 2 is 1.25 bits per heavy atom. The third-order valence-corrected chi connectivity index (χ3v) is 6.08. The first-order valence-electron chi connectivity index (χ1n) is 8.72. The summed E-state index contributed by atoms with van der Waals surface area (Å²) in [6.07, 6.45) is 3.28. The summed E-state index contributed by atoms with van der Waals surface area (Å²) in [4.78, 5) is 19.3. The molecule has 2 atom stereocenters. The van der Waals surface area contributed by atoms with Gasteiger partial charge in [0.25, 0.3) is 0 Å². The average Bonchev–Trinajstić information content (AvgIpc) is 3.27. The lowest BCUT2D eigenvalue weighted by atomic mass is 9.84. The number of H-pyrrole nitrogens is 2. The van der Waals surface area contributed by atoms with E-state index in [1.807, 2.05) is 36.4 Å². The average molecular weight is 510 g/mol. The van der Waals surface area contributed by atoms with Crippen LogP contribution >= 0.6 is 31.9 Å². The van der Waals surface area contributed by atoms with Gasteiger partial charge in [0.05, 0.1) is 11.8 Å². The Hall–Kier alpha value is -1.99. The quantitative estimate of drug-likeness (QED) is 0.304. The minimum absolute atomic E-state index is 0.461. The van der Waals surface area contributed by atoms with Gasteiger partial charge in [0.2, 0.25) is 0 Å². The fourth-order valence-corrected chi connectivity index (χ4v) is 4.41. The Morgan fingerprint density at radius 1 is 0.821 bits per heavy atom. The molecule has 7 heteroatoms. The number of benzene rings is 2. The SMILES string of the molecule is O=C(C(CF)c1c[nH]c2cc(Br)ccc12)C(CF)c1c[nH]c2cc(Br)ccc12. The lowest BCUT2D eigenvalue weighted by molar-refractivity contribution is -0.122. The number of Topliss-reactive ketones (excluding diaryl/α,β-unsaturated/α-hetero) is 1. The fourth-order valence-electron chi connectivity index (χ4n) is 3.69. The number of aromatic nitrogens is 2. The third-order valence-electron chi connectivity index (χ3n) is 5.10. The maximum Gasteiger partial charge on any atom is 0.153 e. The second-order valence-corrected chi connectivity index (χ2v) is 8.52. The van der Waals surface area contributed by atoms with Crippen molar-refractivity contribution in [3.8, 4) is 0 Å². The van der Waals surface area contributed by atoms with Crippen molar-refractivity contribution in [3.63, 3.8) is 0 Å². The summed E-state index contributed by atoms with van der Waals surface area (Å²) < 4.78 is 29.8. The molecule has 0 saturated heterocycles. The Kier molecular flexibility index (Phi) is 5.38. The second-order valence-electron chi connectivity index (χ2n) is 6.68. The molecule has 2 N–H and O–H groups in total. The molecular weight excluding hydrogens is 494 g/mol. The van der Waals surface area contributed by atoms with Crippen LogP contribution < -0.4 is 0 Å². The highest BCUT2D eigenvalue weighted by molar-refractivity contribution is 9.10. The molecule has 2 heterocycles. The standard InChI is InChI=1S/C21H16Br2F2N2O/c22-11-1-3-13-17(9-26-19(13)5-11)15(7-24)21(28)16(8-25)18-10-27-20-6-12(23)2-4-14(18)20/h1-6,9-10,15-16,26-27H,7-8H2. The summed E-state index contributed by atoms with van der Waals surface area (Å²) in [5.41, 5.74) is 2.70. The summed E-state index contributed by atoms with van der Waals surface area (Å²) in [5, 5.41) is 1.53. The van der Waals surface area contributed by atoms with Crippen LogP contribution in [0.15, 0.2) is 57.7 Å². The number of fused-ring (bicyclic) bond motifs is 2. The molecule has 2 aromatic heterocycles. The minimum Gasteiger partial charge on any atom is -0.361 e. The Morgan fingerprint density at radius 3 is 1.64 bits per heavy atom. The molecule has 0 bridgehead atoms. The fraction of sp³-hybridized carbons (Fsp3) is 0.190. The Labute approximate surface area is 176 Å². The van der Waals surface area contributed by atoms with Crippen molar-refractivity contribution < 1.29 is 13.6 Å². The number of nitrogens with one attached hydrogen (secondary N) is 2. The molecule has 28 heavy (non-hydrogen) atoms. The van der Waals surface area contributed by atoms with Crippen LogP contribution in [0.5, 0.6) is 0 Å². The zero-order chi connectivity index (χ0) is 19.8. The van der Waals surface area contributed by atoms with Gasteiger partial charge in [-0.05, 0) is 35.4 Å². The lowest BCUT2D eigenvalue weighted by Crippen LogP contribution is -2.23. The normalized spacial score (nSPS) is 13.9. The first-order chi connectivity index (χ1) is 13.5. The number of hydrogen-bond acceptors (Lipinski definition) is 1. The van der Waals surface area contributed by atoms with Crippen LogP contribution in [0.1, 0.15) is 23.0 Å². The molecule has 0 aliphatic rings. The van der Waals surface area contributed by atoms with Crippen molar-refractivity contribution in [2.24, 2.45) is 0 Å². The molecule has 2 unspecified atom stereocenters. The number of carbonyl (C=O) groups excluding carboxylic acids is 1. The molecule has 0 aliphatic carbocycles. The molecule has 0 amide bonds. The summed E-state index contributed by atoms with van der Waals surface area (Å²) >= 11 is 6.79. The first-order valence-corrected chi connectivity index (χ1v) is 10.3. The monoisotopic (exact) mass is 508 g/mol. The van der Waals surface area contributed by atoms with Gasteiger partial charge in [-0.1, -0.05) is 44.0 Å². The van der Waals surface area contributed by atoms with Gasteiger partial charge in [-0.3, -0.25) is 4.79 Å². The molecule has 0 spiro atoms. The highest BCUT2D eigenvalue weighted by Crippen LogP contribution is 2.35. The third kappa shape index (κ3) is 3.31. The maximum absolute atomic E-state index is 14.0. The van der Waals surface area contributed by atoms with Gasteiger partial charge in [-0.15, -0.1) is 0 Å². The number of aromatic amines is 2. The Balaban J connectivity index is 1.75. The zero-order valence-corrected chi connectivity index (χ0v) is 17.8. The number of rotatable bonds is 6. The van der Waals surface area contributed by atoms with Crippen molar-refractivity contribution in [3.05, 3.63) is 68.9 Å². The van der Waals surface area contributed by atoms with E-state index >= 15 is 0 Å². The molecule has 3 nitrogen and oxygen atoms in total. The number of carbonyl (C=O) groups is 1. The topological polar surface area (TPSA) is 48.6 Å². The highest BCUT2D eigenvalue weighted by Gasteiger charge is 2.32. The number of alkyl halides is 2. The first kappa shape index (κ1) is 19.3. The van der Waals surface area contributed by atoms with Gasteiger partial charge in [0.15, 0.2) is 5.78 Å². The lowest BCUT2D eigenvalue weighted by Gasteiger charge is -2.18. The zero-order valence-electron chi connectivity index (χ0n) is 14.6. The van der Waals surface area contributed by atoms with Crippen molar-refractivity contribution in [2.75, 3.05) is 13.3 Å². The van der Waals surface area contributed by atoms with Crippen LogP contribution in [0.4, 0.5) is 8.78 Å². The summed E-state index contributed by atoms with van der Waals surface area (Å²) in [6.45, 7) is -1.77. The van der Waals surface area contributed by atoms with E-state index in [1.54, 1.807) is 12.4 Å². The van der Waals surface area contributed by atoms with Gasteiger partial charge in [0.1, 0.15) is 13.3 Å². The van der Waals surface area contributed by atoms with E-state index in [0.717, 1.165) is 30.8 Å². The number of halogens is 4. The smallest absolute Gasteiger partial charge is 0.153 e. The van der Waals surface area contributed by atoms with Gasteiger partial charge in [-0.25, -0.2) is 8.78 Å². The van der Waals surface area contributed by atoms with E-state index in [9.17, 15) is 13.6 Å². The number of ketones is 1. The van der Waals surface area contributed by atoms with Crippen LogP contribution in [0, 0.1) is 0 Å². The van der Waals surface area contributed by atoms with Crippen LogP contribution in [-0.4, -0.2) is 29.1 Å². The van der Waals surface area contributed by atoms with E-state index in [1.165, 1.54) is 0 Å². The van der Waals surface area contributed by atoms with Gasteiger partial charge < -0.3 is 9.97 Å². The minimum atomic E-state index is -1.03. The van der Waals surface area contributed by atoms with Crippen molar-refractivity contribution in [1.29, 1.82) is 0 Å². The summed E-state index contributed by atoms with van der Waals surface area (Å²) in [6, 6.07) is 11.1. The van der Waals surface area contributed by atoms with E-state index in [2.05, 4.69) is 41.8 Å². The largest absolute Gasteiger partial charge is 0.361 e. The molecule has 0 saturated carbocycles. The number of hydrogen-bond donors (Lipinski definition) is 2. The van der Waals surface area contributed by atoms with Gasteiger partial charge in [0, 0.05) is 43.1 Å². The molecule has 4 aromatic rings. The van der Waals surface area contributed by atoms with E-state index in [4.69, 9.17) is 0 Å². The van der Waals surface area contributed by atoms with Gasteiger partial charge in [-0.2, -0.15) is 0 Å². The van der Waals surface area contributed by atoms with E-state index < -0.39 is 31.0 Å². The van der Waals surface area contributed by atoms with Crippen LogP contribution in [0.2, 0.25) is 0 Å². The molecule has 144 valence electrons. The van der Waals surface area contributed by atoms with Crippen molar-refractivity contribution >= 4 is 59.4 Å². The van der Waals surface area contributed by atoms with Crippen LogP contribution in [0.25, 0.3) is 21.8 Å². The van der Waals surface area contributed by atoms with Crippen molar-refractivity contribution in [1.82, 2.24) is 9.97 Å². The molecule has 4 rings (SSSR count). The summed E-state index contributed by atoms with van der Waals surface area (Å²) in [5.74, 6) is -2.52. The van der Waals surface area contributed by atoms with Crippen molar-refractivity contribution in [2.45, 2.75) is 11.8 Å². The molecule has 0 radical (unpaired) electrons. The molecular formula is C21H16Br2F2N2O. The highest BCUT2D eigenvalue weighted by atomic mass is 79.9. The van der Waals surface area contributed by atoms with Crippen LogP contribution in [-0.2, 0) is 4.79 Å². The molecule has 0 fully saturated rings. The molecule has 0 aliphatic heterocycles. The van der Waals surface area contributed by atoms with Gasteiger partial charge >= 0.3 is 0 Å². The predicted molar refractivity (Wildman–Crippen MR) is 114 cm³/mol. The summed E-state index contributed by atoms with van der Waals surface area (Å²) in [7, 11) is 0.